The van der Waals surface area contributed by atoms with Crippen LogP contribution in [0.3, 0.4) is 0 Å². The molecule has 0 aliphatic heterocycles. The van der Waals surface area contributed by atoms with Crippen LogP contribution in [0.5, 0.6) is 0 Å². The highest BCUT2D eigenvalue weighted by molar-refractivity contribution is 7.18. The fraction of sp³-hybridized carbons (Fsp3) is 0.267. The van der Waals surface area contributed by atoms with Gasteiger partial charge in [-0.15, -0.1) is 22.7 Å². The Kier molecular flexibility index (Phi) is 5.56. The lowest BCUT2D eigenvalue weighted by molar-refractivity contribution is -0.114. The predicted octanol–water partition coefficient (Wildman–Crippen LogP) is 4.08. The molecule has 1 N–H and O–H groups in total. The summed E-state index contributed by atoms with van der Waals surface area (Å²) in [6, 6.07) is 3.20. The molecule has 0 aliphatic carbocycles. The van der Waals surface area contributed by atoms with E-state index in [2.05, 4.69) is 5.32 Å². The van der Waals surface area contributed by atoms with E-state index in [1.807, 2.05) is 6.92 Å². The molecule has 0 saturated heterocycles. The van der Waals surface area contributed by atoms with E-state index in [1.165, 1.54) is 18.3 Å². The summed E-state index contributed by atoms with van der Waals surface area (Å²) in [5, 5.41) is 3.05. The molecular formula is C15H14ClNO4S2. The zero-order chi connectivity index (χ0) is 17.1. The Bertz CT molecular complexity index is 779. The second-order valence-corrected chi connectivity index (χ2v) is 7.71. The molecule has 2 heterocycles. The summed E-state index contributed by atoms with van der Waals surface area (Å²) in [7, 11) is 0. The standard InChI is InChI=1S/C15H14ClNO4S2/c1-7-8(2)22-14(17-9(3)18)13(7)15(20)21-6-10(19)11-4-5-12(16)23-11/h4-5H,6H2,1-3H3,(H,17,18). The fourth-order valence-corrected chi connectivity index (χ4v) is 3.92. The minimum Gasteiger partial charge on any atom is -0.454 e. The number of ketones is 1. The van der Waals surface area contributed by atoms with Gasteiger partial charge in [-0.1, -0.05) is 11.6 Å². The lowest BCUT2D eigenvalue weighted by atomic mass is 10.1. The molecule has 0 radical (unpaired) electrons. The van der Waals surface area contributed by atoms with Gasteiger partial charge in [-0.3, -0.25) is 9.59 Å². The van der Waals surface area contributed by atoms with E-state index < -0.39 is 5.97 Å². The smallest absolute Gasteiger partial charge is 0.341 e. The van der Waals surface area contributed by atoms with Crippen LogP contribution < -0.4 is 5.32 Å². The molecule has 0 saturated carbocycles. The van der Waals surface area contributed by atoms with E-state index in [-0.39, 0.29) is 18.3 Å². The molecule has 2 aromatic rings. The quantitative estimate of drug-likeness (QED) is 0.635. The third-order valence-electron chi connectivity index (χ3n) is 3.06. The van der Waals surface area contributed by atoms with Crippen molar-refractivity contribution in [2.24, 2.45) is 0 Å². The first-order chi connectivity index (χ1) is 10.8. The molecule has 0 aromatic carbocycles. The van der Waals surface area contributed by atoms with E-state index in [9.17, 15) is 14.4 Å². The highest BCUT2D eigenvalue weighted by Gasteiger charge is 2.22. The van der Waals surface area contributed by atoms with Crippen molar-refractivity contribution >= 4 is 56.9 Å². The monoisotopic (exact) mass is 371 g/mol. The number of amides is 1. The minimum atomic E-state index is -0.633. The highest BCUT2D eigenvalue weighted by atomic mass is 35.5. The first-order valence-corrected chi connectivity index (χ1v) is 8.64. The van der Waals surface area contributed by atoms with Gasteiger partial charge in [0.05, 0.1) is 14.8 Å². The lowest BCUT2D eigenvalue weighted by Gasteiger charge is -2.06. The average Bonchev–Trinajstić information content (AvgIpc) is 3.00. The van der Waals surface area contributed by atoms with E-state index in [1.54, 1.807) is 19.1 Å². The van der Waals surface area contributed by atoms with Gasteiger partial charge in [0, 0.05) is 11.8 Å². The summed E-state index contributed by atoms with van der Waals surface area (Å²) in [5.74, 6) is -1.22. The second kappa shape index (κ2) is 7.25. The summed E-state index contributed by atoms with van der Waals surface area (Å²) >= 11 is 8.21. The molecule has 0 aliphatic rings. The van der Waals surface area contributed by atoms with Gasteiger partial charge in [-0.2, -0.15) is 0 Å². The number of rotatable bonds is 5. The third kappa shape index (κ3) is 4.19. The van der Waals surface area contributed by atoms with Crippen LogP contribution in [0.1, 0.15) is 37.4 Å². The Balaban J connectivity index is 2.11. The van der Waals surface area contributed by atoms with Crippen molar-refractivity contribution in [1.29, 1.82) is 0 Å². The van der Waals surface area contributed by atoms with Gasteiger partial charge in [-0.05, 0) is 31.5 Å². The van der Waals surface area contributed by atoms with Gasteiger partial charge < -0.3 is 10.1 Å². The zero-order valence-corrected chi connectivity index (χ0v) is 15.1. The molecule has 0 spiro atoms. The van der Waals surface area contributed by atoms with E-state index in [0.29, 0.717) is 19.8 Å². The van der Waals surface area contributed by atoms with Crippen LogP contribution >= 0.6 is 34.3 Å². The maximum Gasteiger partial charge on any atom is 0.341 e. The van der Waals surface area contributed by atoms with Crippen molar-refractivity contribution in [2.45, 2.75) is 20.8 Å². The summed E-state index contributed by atoms with van der Waals surface area (Å²) in [6.45, 7) is 4.61. The number of aryl methyl sites for hydroxylation is 1. The van der Waals surface area contributed by atoms with Gasteiger partial charge >= 0.3 is 5.97 Å². The number of hydrogen-bond acceptors (Lipinski definition) is 6. The Morgan fingerprint density at radius 1 is 1.22 bits per heavy atom. The Hall–Kier alpha value is -1.70. The van der Waals surface area contributed by atoms with Gasteiger partial charge in [0.25, 0.3) is 0 Å². The van der Waals surface area contributed by atoms with Gasteiger partial charge in [0.15, 0.2) is 6.61 Å². The number of ether oxygens (including phenoxy) is 1. The Labute approximate surface area is 146 Å². The normalized spacial score (nSPS) is 10.4. The molecule has 122 valence electrons. The summed E-state index contributed by atoms with van der Waals surface area (Å²) in [5.41, 5.74) is 1.02. The average molecular weight is 372 g/mol. The van der Waals surface area contributed by atoms with Crippen molar-refractivity contribution in [3.05, 3.63) is 37.4 Å². The van der Waals surface area contributed by atoms with Crippen LogP contribution in [0, 0.1) is 13.8 Å². The Morgan fingerprint density at radius 3 is 2.48 bits per heavy atom. The fourth-order valence-electron chi connectivity index (χ4n) is 1.86. The maximum absolute atomic E-state index is 12.3. The van der Waals surface area contributed by atoms with Crippen molar-refractivity contribution in [1.82, 2.24) is 0 Å². The van der Waals surface area contributed by atoms with Crippen molar-refractivity contribution in [2.75, 3.05) is 11.9 Å². The molecule has 0 unspecified atom stereocenters. The van der Waals surface area contributed by atoms with E-state index in [0.717, 1.165) is 21.8 Å². The topological polar surface area (TPSA) is 72.5 Å². The lowest BCUT2D eigenvalue weighted by Crippen LogP contribution is -2.16. The minimum absolute atomic E-state index is 0.274. The first-order valence-electron chi connectivity index (χ1n) is 6.62. The van der Waals surface area contributed by atoms with Crippen LogP contribution in [0.4, 0.5) is 5.00 Å². The number of anilines is 1. The number of carbonyl (C=O) groups excluding carboxylic acids is 3. The molecular weight excluding hydrogens is 358 g/mol. The molecule has 0 atom stereocenters. The van der Waals surface area contributed by atoms with Gasteiger partial charge in [0.1, 0.15) is 5.00 Å². The molecule has 2 aromatic heterocycles. The highest BCUT2D eigenvalue weighted by Crippen LogP contribution is 2.33. The number of nitrogens with one attached hydrogen (secondary N) is 1. The molecule has 23 heavy (non-hydrogen) atoms. The second-order valence-electron chi connectivity index (χ2n) is 4.77. The summed E-state index contributed by atoms with van der Waals surface area (Å²) in [4.78, 5) is 36.8. The van der Waals surface area contributed by atoms with Crippen LogP contribution in [0.15, 0.2) is 12.1 Å². The van der Waals surface area contributed by atoms with Crippen LogP contribution in [-0.2, 0) is 9.53 Å². The zero-order valence-electron chi connectivity index (χ0n) is 12.7. The molecule has 0 bridgehead atoms. The van der Waals surface area contributed by atoms with Crippen LogP contribution in [-0.4, -0.2) is 24.3 Å². The van der Waals surface area contributed by atoms with Crippen molar-refractivity contribution < 1.29 is 19.1 Å². The third-order valence-corrected chi connectivity index (χ3v) is 5.46. The van der Waals surface area contributed by atoms with E-state index in [4.69, 9.17) is 16.3 Å². The molecule has 2 rings (SSSR count). The predicted molar refractivity (Wildman–Crippen MR) is 92.0 cm³/mol. The largest absolute Gasteiger partial charge is 0.454 e. The van der Waals surface area contributed by atoms with Crippen molar-refractivity contribution in [3.63, 3.8) is 0 Å². The number of carbonyl (C=O) groups is 3. The van der Waals surface area contributed by atoms with E-state index >= 15 is 0 Å². The first kappa shape index (κ1) is 17.7. The van der Waals surface area contributed by atoms with Crippen molar-refractivity contribution in [3.8, 4) is 0 Å². The number of halogens is 1. The number of Topliss-reactive ketones (excluding diaryl/α,β-unsaturated/α-hetero) is 1. The van der Waals surface area contributed by atoms with Crippen LogP contribution in [0.25, 0.3) is 0 Å². The van der Waals surface area contributed by atoms with Gasteiger partial charge in [0.2, 0.25) is 11.7 Å². The SMILES string of the molecule is CC(=O)Nc1sc(C)c(C)c1C(=O)OCC(=O)c1ccc(Cl)s1. The molecule has 0 fully saturated rings. The number of thiophene rings is 2. The summed E-state index contributed by atoms with van der Waals surface area (Å²) < 4.78 is 5.60. The number of hydrogen-bond donors (Lipinski definition) is 1. The Morgan fingerprint density at radius 2 is 1.91 bits per heavy atom. The van der Waals surface area contributed by atoms with Gasteiger partial charge in [-0.25, -0.2) is 4.79 Å². The number of esters is 1. The summed E-state index contributed by atoms with van der Waals surface area (Å²) in [6.07, 6.45) is 0. The maximum atomic E-state index is 12.3. The molecule has 5 nitrogen and oxygen atoms in total. The molecule has 8 heteroatoms. The molecule has 1 amide bonds. The van der Waals surface area contributed by atoms with Crippen LogP contribution in [0.2, 0.25) is 4.34 Å².